The molecule has 1 saturated heterocycles. The standard InChI is InChI=1S/C23H27N5O2/c1-17-14-27(15-18(2)30-17)16-19-6-8-20(9-7-19)23(29)25-13-21-5-3-10-24-22(21)28-12-4-11-26-28/h3-12,17-18H,13-16H2,1-2H3,(H,25,29)/t17-,18-/m0/s1. The molecule has 7 nitrogen and oxygen atoms in total. The van der Waals surface area contributed by atoms with Gasteiger partial charge in [0, 0.05) is 55.9 Å². The smallest absolute Gasteiger partial charge is 0.251 e. The van der Waals surface area contributed by atoms with Crippen LogP contribution in [0.4, 0.5) is 0 Å². The minimum absolute atomic E-state index is 0.106. The molecule has 0 aliphatic carbocycles. The van der Waals surface area contributed by atoms with Crippen LogP contribution in [0.5, 0.6) is 0 Å². The number of carbonyl (C=O) groups is 1. The van der Waals surface area contributed by atoms with Crippen molar-refractivity contribution in [3.8, 4) is 5.82 Å². The van der Waals surface area contributed by atoms with E-state index in [0.717, 1.165) is 25.2 Å². The molecule has 3 aromatic rings. The lowest BCUT2D eigenvalue weighted by molar-refractivity contribution is -0.0704. The molecular formula is C23H27N5O2. The summed E-state index contributed by atoms with van der Waals surface area (Å²) >= 11 is 0. The number of rotatable bonds is 6. The number of morpholine rings is 1. The fraction of sp³-hybridized carbons (Fsp3) is 0.348. The highest BCUT2D eigenvalue weighted by molar-refractivity contribution is 5.94. The lowest BCUT2D eigenvalue weighted by atomic mass is 10.1. The lowest BCUT2D eigenvalue weighted by Gasteiger charge is -2.35. The first kappa shape index (κ1) is 20.3. The Morgan fingerprint density at radius 3 is 2.57 bits per heavy atom. The molecule has 0 radical (unpaired) electrons. The Morgan fingerprint density at radius 2 is 1.87 bits per heavy atom. The SMILES string of the molecule is C[C@H]1CN(Cc2ccc(C(=O)NCc3cccnc3-n3cccn3)cc2)C[C@H](C)O1. The lowest BCUT2D eigenvalue weighted by Crippen LogP contribution is -2.44. The second kappa shape index (κ2) is 9.19. The van der Waals surface area contributed by atoms with Gasteiger partial charge < -0.3 is 10.1 Å². The highest BCUT2D eigenvalue weighted by atomic mass is 16.5. The molecular weight excluding hydrogens is 378 g/mol. The summed E-state index contributed by atoms with van der Waals surface area (Å²) in [6, 6.07) is 13.5. The van der Waals surface area contributed by atoms with Gasteiger partial charge in [0.2, 0.25) is 0 Å². The number of aromatic nitrogens is 3. The van der Waals surface area contributed by atoms with Gasteiger partial charge in [-0.1, -0.05) is 18.2 Å². The maximum absolute atomic E-state index is 12.6. The Balaban J connectivity index is 1.36. The molecule has 7 heteroatoms. The van der Waals surface area contributed by atoms with E-state index in [1.807, 2.05) is 48.7 Å². The average Bonchev–Trinajstić information content (AvgIpc) is 3.27. The molecule has 2 atom stereocenters. The summed E-state index contributed by atoms with van der Waals surface area (Å²) in [6.07, 6.45) is 5.76. The molecule has 1 N–H and O–H groups in total. The molecule has 1 aromatic carbocycles. The number of hydrogen-bond acceptors (Lipinski definition) is 5. The number of nitrogens with zero attached hydrogens (tertiary/aromatic N) is 4. The van der Waals surface area contributed by atoms with Crippen molar-refractivity contribution in [2.24, 2.45) is 0 Å². The third kappa shape index (κ3) is 4.93. The first-order valence-corrected chi connectivity index (χ1v) is 10.3. The number of benzene rings is 1. The fourth-order valence-corrected chi connectivity index (χ4v) is 3.88. The maximum atomic E-state index is 12.6. The first-order chi connectivity index (χ1) is 14.6. The van der Waals surface area contributed by atoms with Crippen LogP contribution in [-0.2, 0) is 17.8 Å². The van der Waals surface area contributed by atoms with E-state index in [9.17, 15) is 4.79 Å². The van der Waals surface area contributed by atoms with Gasteiger partial charge in [-0.25, -0.2) is 9.67 Å². The minimum Gasteiger partial charge on any atom is -0.373 e. The highest BCUT2D eigenvalue weighted by Crippen LogP contribution is 2.15. The van der Waals surface area contributed by atoms with Gasteiger partial charge in [0.1, 0.15) is 0 Å². The molecule has 156 valence electrons. The molecule has 1 amide bonds. The summed E-state index contributed by atoms with van der Waals surface area (Å²) in [5.74, 6) is 0.609. The second-order valence-corrected chi connectivity index (χ2v) is 7.77. The third-order valence-electron chi connectivity index (χ3n) is 5.15. The number of pyridine rings is 1. The number of nitrogens with one attached hydrogen (secondary N) is 1. The molecule has 0 unspecified atom stereocenters. The van der Waals surface area contributed by atoms with E-state index >= 15 is 0 Å². The van der Waals surface area contributed by atoms with Gasteiger partial charge in [-0.05, 0) is 43.7 Å². The molecule has 0 spiro atoms. The largest absolute Gasteiger partial charge is 0.373 e. The number of ether oxygens (including phenoxy) is 1. The predicted octanol–water partition coefficient (Wildman–Crippen LogP) is 2.81. The third-order valence-corrected chi connectivity index (χ3v) is 5.15. The fourth-order valence-electron chi connectivity index (χ4n) is 3.88. The number of hydrogen-bond donors (Lipinski definition) is 1. The zero-order valence-electron chi connectivity index (χ0n) is 17.4. The normalized spacial score (nSPS) is 19.5. The average molecular weight is 406 g/mol. The summed E-state index contributed by atoms with van der Waals surface area (Å²) < 4.78 is 7.49. The van der Waals surface area contributed by atoms with E-state index in [-0.39, 0.29) is 18.1 Å². The van der Waals surface area contributed by atoms with Crippen molar-refractivity contribution >= 4 is 5.91 Å². The molecule has 2 aromatic heterocycles. The molecule has 1 aliphatic heterocycles. The van der Waals surface area contributed by atoms with E-state index in [1.165, 1.54) is 5.56 Å². The van der Waals surface area contributed by atoms with Crippen LogP contribution in [0.15, 0.2) is 61.1 Å². The Morgan fingerprint density at radius 1 is 1.10 bits per heavy atom. The number of amides is 1. The molecule has 0 bridgehead atoms. The van der Waals surface area contributed by atoms with Crippen LogP contribution < -0.4 is 5.32 Å². The van der Waals surface area contributed by atoms with Gasteiger partial charge in [-0.3, -0.25) is 9.69 Å². The molecule has 0 saturated carbocycles. The molecule has 30 heavy (non-hydrogen) atoms. The van der Waals surface area contributed by atoms with Crippen molar-refractivity contribution in [3.05, 3.63) is 77.7 Å². The van der Waals surface area contributed by atoms with Crippen LogP contribution in [0.25, 0.3) is 5.82 Å². The van der Waals surface area contributed by atoms with E-state index in [2.05, 4.69) is 34.1 Å². The zero-order chi connectivity index (χ0) is 20.9. The zero-order valence-corrected chi connectivity index (χ0v) is 17.4. The van der Waals surface area contributed by atoms with E-state index < -0.39 is 0 Å². The number of carbonyl (C=O) groups excluding carboxylic acids is 1. The van der Waals surface area contributed by atoms with Crippen LogP contribution in [0.3, 0.4) is 0 Å². The van der Waals surface area contributed by atoms with Crippen LogP contribution in [0.2, 0.25) is 0 Å². The van der Waals surface area contributed by atoms with Gasteiger partial charge >= 0.3 is 0 Å². The monoisotopic (exact) mass is 405 g/mol. The summed E-state index contributed by atoms with van der Waals surface area (Å²) in [6.45, 7) is 7.31. The van der Waals surface area contributed by atoms with E-state index in [1.54, 1.807) is 17.1 Å². The predicted molar refractivity (Wildman–Crippen MR) is 114 cm³/mol. The second-order valence-electron chi connectivity index (χ2n) is 7.77. The van der Waals surface area contributed by atoms with E-state index in [0.29, 0.717) is 17.9 Å². The first-order valence-electron chi connectivity index (χ1n) is 10.3. The van der Waals surface area contributed by atoms with Gasteiger partial charge in [0.15, 0.2) is 5.82 Å². The minimum atomic E-state index is -0.106. The van der Waals surface area contributed by atoms with Crippen LogP contribution in [-0.4, -0.2) is 50.9 Å². The van der Waals surface area contributed by atoms with Crippen LogP contribution in [0.1, 0.15) is 35.3 Å². The Kier molecular flexibility index (Phi) is 6.21. The van der Waals surface area contributed by atoms with Gasteiger partial charge in [-0.15, -0.1) is 0 Å². The summed E-state index contributed by atoms with van der Waals surface area (Å²) in [4.78, 5) is 19.4. The highest BCUT2D eigenvalue weighted by Gasteiger charge is 2.22. The Bertz CT molecular complexity index is 962. The van der Waals surface area contributed by atoms with Gasteiger partial charge in [-0.2, -0.15) is 5.10 Å². The topological polar surface area (TPSA) is 72.3 Å². The van der Waals surface area contributed by atoms with Gasteiger partial charge in [0.05, 0.1) is 12.2 Å². The molecule has 3 heterocycles. The summed E-state index contributed by atoms with van der Waals surface area (Å²) in [5, 5.41) is 7.21. The van der Waals surface area contributed by atoms with Crippen molar-refractivity contribution < 1.29 is 9.53 Å². The quantitative estimate of drug-likeness (QED) is 0.683. The Hall–Kier alpha value is -3.03. The van der Waals surface area contributed by atoms with Crippen molar-refractivity contribution in [2.75, 3.05) is 13.1 Å². The van der Waals surface area contributed by atoms with Crippen LogP contribution >= 0.6 is 0 Å². The molecule has 1 fully saturated rings. The van der Waals surface area contributed by atoms with Crippen molar-refractivity contribution in [1.82, 2.24) is 25.0 Å². The van der Waals surface area contributed by atoms with Crippen molar-refractivity contribution in [1.29, 1.82) is 0 Å². The van der Waals surface area contributed by atoms with E-state index in [4.69, 9.17) is 4.74 Å². The Labute approximate surface area is 176 Å². The van der Waals surface area contributed by atoms with Gasteiger partial charge in [0.25, 0.3) is 5.91 Å². The van der Waals surface area contributed by atoms with Crippen LogP contribution in [0, 0.1) is 0 Å². The summed E-state index contributed by atoms with van der Waals surface area (Å²) in [7, 11) is 0. The maximum Gasteiger partial charge on any atom is 0.251 e. The molecule has 1 aliphatic rings. The summed E-state index contributed by atoms with van der Waals surface area (Å²) in [5.41, 5.74) is 2.75. The van der Waals surface area contributed by atoms with Crippen molar-refractivity contribution in [3.63, 3.8) is 0 Å². The molecule has 4 rings (SSSR count). The van der Waals surface area contributed by atoms with Crippen molar-refractivity contribution in [2.45, 2.75) is 39.1 Å².